The van der Waals surface area contributed by atoms with Gasteiger partial charge in [0.25, 0.3) is 0 Å². The monoisotopic (exact) mass is 274 g/mol. The number of carbonyl (C=O) groups is 1. The molecular weight excluding hydrogens is 267 g/mol. The molecule has 0 unspecified atom stereocenters. The van der Waals surface area contributed by atoms with Crippen molar-refractivity contribution < 1.29 is 18.7 Å². The molecule has 0 aliphatic carbocycles. The van der Waals surface area contributed by atoms with Gasteiger partial charge in [-0.2, -0.15) is 0 Å². The summed E-state index contributed by atoms with van der Waals surface area (Å²) in [5.41, 5.74) is 0.761. The summed E-state index contributed by atoms with van der Waals surface area (Å²) < 4.78 is 23.6. The summed E-state index contributed by atoms with van der Waals surface area (Å²) in [5, 5.41) is 0. The molecule has 0 bridgehead atoms. The Hall–Kier alpha value is -1.10. The summed E-state index contributed by atoms with van der Waals surface area (Å²) in [7, 11) is 1.22. The van der Waals surface area contributed by atoms with E-state index in [2.05, 4.69) is 20.7 Å². The smallest absolute Gasteiger partial charge is 0.340 e. The lowest BCUT2D eigenvalue weighted by molar-refractivity contribution is 0.0595. The highest BCUT2D eigenvalue weighted by Crippen LogP contribution is 2.37. The zero-order valence-corrected chi connectivity index (χ0v) is 9.56. The molecule has 1 aromatic rings. The number of halogens is 2. The average Bonchev–Trinajstić information content (AvgIpc) is 2.70. The van der Waals surface area contributed by atoms with Crippen LogP contribution in [0.5, 0.6) is 5.75 Å². The summed E-state index contributed by atoms with van der Waals surface area (Å²) in [5.74, 6) is -0.828. The van der Waals surface area contributed by atoms with Crippen molar-refractivity contribution in [2.45, 2.75) is 6.42 Å². The second-order valence-electron chi connectivity index (χ2n) is 3.13. The van der Waals surface area contributed by atoms with Crippen LogP contribution in [0, 0.1) is 5.82 Å². The number of carbonyl (C=O) groups excluding carboxylic acids is 1. The molecule has 0 fully saturated rings. The number of hydrogen-bond acceptors (Lipinski definition) is 3. The maximum Gasteiger partial charge on any atom is 0.340 e. The highest BCUT2D eigenvalue weighted by atomic mass is 79.9. The number of ether oxygens (including phenoxy) is 2. The van der Waals surface area contributed by atoms with Crippen LogP contribution >= 0.6 is 15.9 Å². The number of benzene rings is 1. The maximum atomic E-state index is 13.7. The molecular formula is C10H8BrFO3. The van der Waals surface area contributed by atoms with E-state index < -0.39 is 11.8 Å². The average molecular weight is 275 g/mol. The van der Waals surface area contributed by atoms with Crippen molar-refractivity contribution in [2.24, 2.45) is 0 Å². The highest BCUT2D eigenvalue weighted by molar-refractivity contribution is 9.10. The number of methoxy groups -OCH3 is 1. The lowest BCUT2D eigenvalue weighted by Gasteiger charge is -2.07. The third-order valence-electron chi connectivity index (χ3n) is 2.26. The van der Waals surface area contributed by atoms with Gasteiger partial charge in [0.2, 0.25) is 0 Å². The molecule has 0 atom stereocenters. The van der Waals surface area contributed by atoms with E-state index >= 15 is 0 Å². The molecule has 3 nitrogen and oxygen atoms in total. The van der Waals surface area contributed by atoms with Crippen molar-refractivity contribution in [3.05, 3.63) is 27.5 Å². The molecule has 1 heterocycles. The summed E-state index contributed by atoms with van der Waals surface area (Å²) in [6, 6.07) is 1.48. The lowest BCUT2D eigenvalue weighted by atomic mass is 10.1. The van der Waals surface area contributed by atoms with Crippen molar-refractivity contribution in [2.75, 3.05) is 13.7 Å². The summed E-state index contributed by atoms with van der Waals surface area (Å²) in [6.45, 7) is 0.512. The number of rotatable bonds is 1. The van der Waals surface area contributed by atoms with E-state index in [1.54, 1.807) is 0 Å². The lowest BCUT2D eigenvalue weighted by Crippen LogP contribution is -2.05. The van der Waals surface area contributed by atoms with Gasteiger partial charge < -0.3 is 9.47 Å². The first-order valence-corrected chi connectivity index (χ1v) is 5.16. The number of hydrogen-bond donors (Lipinski definition) is 0. The van der Waals surface area contributed by atoms with E-state index in [-0.39, 0.29) is 10.0 Å². The SMILES string of the molecule is COC(=O)c1cc2c(c(Br)c1F)OCC2. The predicted molar refractivity (Wildman–Crippen MR) is 54.6 cm³/mol. The summed E-state index contributed by atoms with van der Waals surface area (Å²) in [6.07, 6.45) is 0.679. The van der Waals surface area contributed by atoms with Gasteiger partial charge in [0.05, 0.1) is 23.8 Å². The molecule has 1 aromatic carbocycles. The summed E-state index contributed by atoms with van der Waals surface area (Å²) >= 11 is 3.07. The third kappa shape index (κ3) is 1.61. The van der Waals surface area contributed by atoms with Gasteiger partial charge in [0, 0.05) is 6.42 Å². The zero-order chi connectivity index (χ0) is 11.0. The van der Waals surface area contributed by atoms with E-state index in [0.29, 0.717) is 18.8 Å². The third-order valence-corrected chi connectivity index (χ3v) is 2.97. The Morgan fingerprint density at radius 1 is 1.67 bits per heavy atom. The van der Waals surface area contributed by atoms with Crippen LogP contribution < -0.4 is 4.74 Å². The van der Waals surface area contributed by atoms with E-state index in [9.17, 15) is 9.18 Å². The van der Waals surface area contributed by atoms with Crippen LogP contribution in [0.2, 0.25) is 0 Å². The van der Waals surface area contributed by atoms with Crippen LogP contribution in [0.3, 0.4) is 0 Å². The minimum atomic E-state index is -0.678. The molecule has 0 amide bonds. The number of fused-ring (bicyclic) bond motifs is 1. The molecule has 0 saturated carbocycles. The van der Waals surface area contributed by atoms with Crippen LogP contribution in [0.1, 0.15) is 15.9 Å². The fourth-order valence-corrected chi connectivity index (χ4v) is 2.11. The topological polar surface area (TPSA) is 35.5 Å². The van der Waals surface area contributed by atoms with Crippen molar-refractivity contribution in [1.29, 1.82) is 0 Å². The van der Waals surface area contributed by atoms with Gasteiger partial charge in [-0.25, -0.2) is 9.18 Å². The van der Waals surface area contributed by atoms with Crippen LogP contribution in [0.4, 0.5) is 4.39 Å². The van der Waals surface area contributed by atoms with E-state index in [0.717, 1.165) is 5.56 Å². The predicted octanol–water partition coefficient (Wildman–Crippen LogP) is 2.31. The van der Waals surface area contributed by atoms with Gasteiger partial charge in [-0.1, -0.05) is 0 Å². The molecule has 1 aliphatic heterocycles. The molecule has 80 valence electrons. The largest absolute Gasteiger partial charge is 0.492 e. The highest BCUT2D eigenvalue weighted by Gasteiger charge is 2.24. The summed E-state index contributed by atoms with van der Waals surface area (Å²) in [4.78, 5) is 11.3. The fraction of sp³-hybridized carbons (Fsp3) is 0.300. The Bertz CT molecular complexity index is 431. The van der Waals surface area contributed by atoms with Crippen molar-refractivity contribution in [1.82, 2.24) is 0 Å². The molecule has 15 heavy (non-hydrogen) atoms. The van der Waals surface area contributed by atoms with Crippen LogP contribution in [0.25, 0.3) is 0 Å². The molecule has 5 heteroatoms. The van der Waals surface area contributed by atoms with Crippen LogP contribution in [-0.4, -0.2) is 19.7 Å². The second-order valence-corrected chi connectivity index (χ2v) is 3.92. The maximum absolute atomic E-state index is 13.7. The Morgan fingerprint density at radius 3 is 3.07 bits per heavy atom. The Morgan fingerprint density at radius 2 is 2.40 bits per heavy atom. The Kier molecular flexibility index (Phi) is 2.65. The van der Waals surface area contributed by atoms with Gasteiger partial charge >= 0.3 is 5.97 Å². The second kappa shape index (κ2) is 3.81. The molecule has 2 rings (SSSR count). The molecule has 0 spiro atoms. The molecule has 1 aliphatic rings. The quantitative estimate of drug-likeness (QED) is 0.738. The van der Waals surface area contributed by atoms with Crippen LogP contribution in [-0.2, 0) is 11.2 Å². The van der Waals surface area contributed by atoms with Crippen molar-refractivity contribution in [3.8, 4) is 5.75 Å². The fourth-order valence-electron chi connectivity index (χ4n) is 1.53. The standard InChI is InChI=1S/C10H8BrFO3/c1-14-10(13)6-4-5-2-3-15-9(5)7(11)8(6)12/h4H,2-3H2,1H3. The first-order chi connectivity index (χ1) is 7.15. The molecule has 0 aromatic heterocycles. The van der Waals surface area contributed by atoms with Gasteiger partial charge in [-0.3, -0.25) is 0 Å². The van der Waals surface area contributed by atoms with Crippen LogP contribution in [0.15, 0.2) is 10.5 Å². The van der Waals surface area contributed by atoms with E-state index in [1.165, 1.54) is 13.2 Å². The number of esters is 1. The van der Waals surface area contributed by atoms with E-state index in [4.69, 9.17) is 4.74 Å². The van der Waals surface area contributed by atoms with Gasteiger partial charge in [-0.05, 0) is 27.6 Å². The van der Waals surface area contributed by atoms with Gasteiger partial charge in [0.15, 0.2) is 5.82 Å². The Labute approximate surface area is 94.3 Å². The minimum absolute atomic E-state index is 0.0615. The van der Waals surface area contributed by atoms with Gasteiger partial charge in [0.1, 0.15) is 5.75 Å². The minimum Gasteiger partial charge on any atom is -0.492 e. The normalized spacial score (nSPS) is 13.3. The van der Waals surface area contributed by atoms with Crippen molar-refractivity contribution in [3.63, 3.8) is 0 Å². The first-order valence-electron chi connectivity index (χ1n) is 4.37. The van der Waals surface area contributed by atoms with Gasteiger partial charge in [-0.15, -0.1) is 0 Å². The molecule has 0 radical (unpaired) electrons. The first kappa shape index (κ1) is 10.4. The molecule has 0 N–H and O–H groups in total. The Balaban J connectivity index is 2.59. The molecule has 0 saturated heterocycles. The zero-order valence-electron chi connectivity index (χ0n) is 7.97. The van der Waals surface area contributed by atoms with Crippen molar-refractivity contribution >= 4 is 21.9 Å². The van der Waals surface area contributed by atoms with E-state index in [1.807, 2.05) is 0 Å².